The molecule has 2 saturated carbocycles. The lowest BCUT2D eigenvalue weighted by atomic mass is 9.76. The molecule has 3 N–H and O–H groups in total. The van der Waals surface area contributed by atoms with E-state index in [9.17, 15) is 9.90 Å². The van der Waals surface area contributed by atoms with Gasteiger partial charge in [0.1, 0.15) is 0 Å². The van der Waals surface area contributed by atoms with E-state index in [0.717, 1.165) is 32.1 Å². The van der Waals surface area contributed by atoms with E-state index in [1.165, 1.54) is 19.3 Å². The van der Waals surface area contributed by atoms with Gasteiger partial charge in [-0.05, 0) is 39.2 Å². The van der Waals surface area contributed by atoms with Crippen molar-refractivity contribution in [3.63, 3.8) is 0 Å². The summed E-state index contributed by atoms with van der Waals surface area (Å²) in [5, 5.41) is 15.8. The van der Waals surface area contributed by atoms with Crippen LogP contribution in [-0.2, 0) is 4.79 Å². The molecule has 18 heavy (non-hydrogen) atoms. The van der Waals surface area contributed by atoms with Crippen LogP contribution in [0.25, 0.3) is 0 Å². The molecule has 0 unspecified atom stereocenters. The predicted octanol–water partition coefficient (Wildman–Crippen LogP) is 1.33. The van der Waals surface area contributed by atoms with Crippen molar-refractivity contribution in [1.29, 1.82) is 0 Å². The molecule has 104 valence electrons. The third kappa shape index (κ3) is 2.86. The molecule has 2 aliphatic carbocycles. The number of aliphatic hydroxyl groups excluding tert-OH is 1. The number of rotatable bonds is 5. The average Bonchev–Trinajstić information content (AvgIpc) is 2.35. The van der Waals surface area contributed by atoms with Gasteiger partial charge in [0.05, 0.1) is 12.1 Å². The van der Waals surface area contributed by atoms with Gasteiger partial charge in [0.25, 0.3) is 0 Å². The Morgan fingerprint density at radius 2 is 1.67 bits per heavy atom. The number of hydrogen-bond acceptors (Lipinski definition) is 3. The Hall–Kier alpha value is -0.610. The number of carbonyl (C=O) groups is 1. The molecule has 0 aliphatic heterocycles. The molecule has 0 heterocycles. The van der Waals surface area contributed by atoms with Gasteiger partial charge >= 0.3 is 0 Å². The monoisotopic (exact) mass is 254 g/mol. The topological polar surface area (TPSA) is 61.4 Å². The van der Waals surface area contributed by atoms with Crippen molar-refractivity contribution >= 4 is 5.91 Å². The van der Waals surface area contributed by atoms with Crippen molar-refractivity contribution in [3.8, 4) is 0 Å². The Bertz CT molecular complexity index is 289. The summed E-state index contributed by atoms with van der Waals surface area (Å²) in [5.41, 5.74) is -0.316. The molecule has 4 nitrogen and oxygen atoms in total. The molecule has 0 aromatic heterocycles. The molecular formula is C14H26N2O2. The predicted molar refractivity (Wildman–Crippen MR) is 71.3 cm³/mol. The first kappa shape index (κ1) is 13.8. The number of amides is 1. The van der Waals surface area contributed by atoms with Crippen molar-refractivity contribution in [2.75, 3.05) is 13.7 Å². The standard InChI is InChI=1S/C14H26N2O2/c1-15-13(6-3-2-4-7-13)10-12(18)16-14(11-17)8-5-9-14/h15,17H,2-11H2,1H3,(H,16,18). The van der Waals surface area contributed by atoms with Gasteiger partial charge in [-0.15, -0.1) is 0 Å². The highest BCUT2D eigenvalue weighted by Gasteiger charge is 2.40. The van der Waals surface area contributed by atoms with Crippen LogP contribution in [0.5, 0.6) is 0 Å². The van der Waals surface area contributed by atoms with Crippen LogP contribution >= 0.6 is 0 Å². The largest absolute Gasteiger partial charge is 0.394 e. The van der Waals surface area contributed by atoms with Crippen LogP contribution in [0.4, 0.5) is 0 Å². The van der Waals surface area contributed by atoms with Crippen LogP contribution in [-0.4, -0.2) is 35.7 Å². The summed E-state index contributed by atoms with van der Waals surface area (Å²) in [7, 11) is 1.96. The zero-order valence-electron chi connectivity index (χ0n) is 11.4. The van der Waals surface area contributed by atoms with Crippen molar-refractivity contribution in [3.05, 3.63) is 0 Å². The second-order valence-electron chi connectivity index (χ2n) is 6.11. The van der Waals surface area contributed by atoms with Crippen LogP contribution in [0, 0.1) is 0 Å². The van der Waals surface area contributed by atoms with E-state index in [1.807, 2.05) is 7.05 Å². The highest BCUT2D eigenvalue weighted by Crippen LogP contribution is 2.33. The molecule has 0 aromatic carbocycles. The number of hydrogen-bond donors (Lipinski definition) is 3. The number of aliphatic hydroxyl groups is 1. The summed E-state index contributed by atoms with van der Waals surface area (Å²) in [5.74, 6) is 0.0972. The fraction of sp³-hybridized carbons (Fsp3) is 0.929. The van der Waals surface area contributed by atoms with Crippen LogP contribution in [0.15, 0.2) is 0 Å². The first-order chi connectivity index (χ1) is 8.64. The maximum absolute atomic E-state index is 12.2. The molecule has 0 bridgehead atoms. The fourth-order valence-electron chi connectivity index (χ4n) is 3.32. The average molecular weight is 254 g/mol. The van der Waals surface area contributed by atoms with Crippen LogP contribution in [0.1, 0.15) is 57.8 Å². The van der Waals surface area contributed by atoms with E-state index in [2.05, 4.69) is 10.6 Å². The third-order valence-electron chi connectivity index (χ3n) is 4.86. The quantitative estimate of drug-likeness (QED) is 0.693. The van der Waals surface area contributed by atoms with E-state index >= 15 is 0 Å². The van der Waals surface area contributed by atoms with E-state index in [0.29, 0.717) is 6.42 Å². The van der Waals surface area contributed by atoms with Gasteiger partial charge in [0.2, 0.25) is 5.91 Å². The van der Waals surface area contributed by atoms with E-state index in [4.69, 9.17) is 0 Å². The number of carbonyl (C=O) groups excluding carboxylic acids is 1. The van der Waals surface area contributed by atoms with Gasteiger partial charge in [-0.3, -0.25) is 4.79 Å². The Morgan fingerprint density at radius 1 is 1.06 bits per heavy atom. The van der Waals surface area contributed by atoms with Crippen molar-refractivity contribution in [1.82, 2.24) is 10.6 Å². The highest BCUT2D eigenvalue weighted by atomic mass is 16.3. The lowest BCUT2D eigenvalue weighted by molar-refractivity contribution is -0.126. The molecule has 1 amide bonds. The maximum atomic E-state index is 12.2. The third-order valence-corrected chi connectivity index (χ3v) is 4.86. The van der Waals surface area contributed by atoms with Gasteiger partial charge in [0, 0.05) is 12.0 Å². The van der Waals surface area contributed by atoms with E-state index in [-0.39, 0.29) is 23.6 Å². The van der Waals surface area contributed by atoms with Crippen LogP contribution in [0.2, 0.25) is 0 Å². The summed E-state index contributed by atoms with van der Waals surface area (Å²) in [6.45, 7) is 0.0747. The zero-order chi connectivity index (χ0) is 13.1. The summed E-state index contributed by atoms with van der Waals surface area (Å²) in [4.78, 5) is 12.2. The van der Waals surface area contributed by atoms with Gasteiger partial charge in [-0.1, -0.05) is 19.3 Å². The molecule has 0 atom stereocenters. The number of nitrogens with one attached hydrogen (secondary N) is 2. The normalized spacial score (nSPS) is 25.2. The SMILES string of the molecule is CNC1(CC(=O)NC2(CO)CCC2)CCCCC1. The lowest BCUT2D eigenvalue weighted by Gasteiger charge is -2.43. The first-order valence-electron chi connectivity index (χ1n) is 7.25. The van der Waals surface area contributed by atoms with Gasteiger partial charge in [-0.25, -0.2) is 0 Å². The van der Waals surface area contributed by atoms with Crippen LogP contribution in [0.3, 0.4) is 0 Å². The molecule has 2 aliphatic rings. The lowest BCUT2D eigenvalue weighted by Crippen LogP contribution is -2.58. The first-order valence-corrected chi connectivity index (χ1v) is 7.25. The minimum absolute atomic E-state index is 0.0112. The molecule has 0 aromatic rings. The summed E-state index contributed by atoms with van der Waals surface area (Å²) < 4.78 is 0. The molecular weight excluding hydrogens is 228 g/mol. The van der Waals surface area contributed by atoms with Crippen LogP contribution < -0.4 is 10.6 Å². The molecule has 0 saturated heterocycles. The Balaban J connectivity index is 1.89. The zero-order valence-corrected chi connectivity index (χ0v) is 11.4. The second kappa shape index (κ2) is 5.57. The Morgan fingerprint density at radius 3 is 2.11 bits per heavy atom. The van der Waals surface area contributed by atoms with Gasteiger partial charge < -0.3 is 15.7 Å². The highest BCUT2D eigenvalue weighted by molar-refractivity contribution is 5.78. The molecule has 0 spiro atoms. The van der Waals surface area contributed by atoms with Crippen molar-refractivity contribution in [2.45, 2.75) is 68.9 Å². The van der Waals surface area contributed by atoms with Crippen molar-refractivity contribution < 1.29 is 9.90 Å². The Kier molecular flexibility index (Phi) is 4.28. The van der Waals surface area contributed by atoms with Crippen molar-refractivity contribution in [2.24, 2.45) is 0 Å². The smallest absolute Gasteiger partial charge is 0.222 e. The molecule has 2 fully saturated rings. The minimum Gasteiger partial charge on any atom is -0.394 e. The van der Waals surface area contributed by atoms with E-state index < -0.39 is 0 Å². The fourth-order valence-corrected chi connectivity index (χ4v) is 3.32. The van der Waals surface area contributed by atoms with E-state index in [1.54, 1.807) is 0 Å². The summed E-state index contributed by atoms with van der Waals surface area (Å²) in [6, 6.07) is 0. The minimum atomic E-state index is -0.305. The molecule has 4 heteroatoms. The molecule has 0 radical (unpaired) electrons. The summed E-state index contributed by atoms with van der Waals surface area (Å²) >= 11 is 0. The molecule has 2 rings (SSSR count). The maximum Gasteiger partial charge on any atom is 0.222 e. The van der Waals surface area contributed by atoms with Gasteiger partial charge in [0.15, 0.2) is 0 Å². The summed E-state index contributed by atoms with van der Waals surface area (Å²) in [6.07, 6.45) is 9.36. The second-order valence-corrected chi connectivity index (χ2v) is 6.11. The van der Waals surface area contributed by atoms with Gasteiger partial charge in [-0.2, -0.15) is 0 Å². The Labute approximate surface area is 110 Å².